The van der Waals surface area contributed by atoms with Gasteiger partial charge < -0.3 is 29.1 Å². The van der Waals surface area contributed by atoms with Crippen molar-refractivity contribution in [1.82, 2.24) is 0 Å². The second kappa shape index (κ2) is 11.2. The highest BCUT2D eigenvalue weighted by molar-refractivity contribution is 5.75. The number of hydrogen-bond donors (Lipinski definition) is 1. The van der Waals surface area contributed by atoms with Gasteiger partial charge >= 0.3 is 5.97 Å². The van der Waals surface area contributed by atoms with Crippen molar-refractivity contribution in [2.75, 3.05) is 33.2 Å². The van der Waals surface area contributed by atoms with E-state index in [2.05, 4.69) is 5.32 Å². The molecule has 0 aliphatic heterocycles. The number of para-hydroxylation sites is 1. The van der Waals surface area contributed by atoms with Gasteiger partial charge in [0.1, 0.15) is 18.5 Å². The minimum atomic E-state index is -0.991. The zero-order valence-corrected chi connectivity index (χ0v) is 18.1. The third-order valence-electron chi connectivity index (χ3n) is 4.61. The summed E-state index contributed by atoms with van der Waals surface area (Å²) in [6, 6.07) is 11.3. The standard InChI is InChI=1S/C23H29NO6/c1-6-29-21(26)13-16(14-25)30-22(18-12-15(2)10-11-19(18)24-3)17-8-7-9-20(27-4)23(17)28-5/h7-12,14,16,22,24H,6,13H2,1-5H3/t16-,22-/m1/s1. The van der Waals surface area contributed by atoms with E-state index in [-0.39, 0.29) is 13.0 Å². The lowest BCUT2D eigenvalue weighted by Crippen LogP contribution is -2.24. The molecule has 2 atom stereocenters. The lowest BCUT2D eigenvalue weighted by molar-refractivity contribution is -0.149. The van der Waals surface area contributed by atoms with E-state index in [0.717, 1.165) is 16.8 Å². The van der Waals surface area contributed by atoms with Gasteiger partial charge in [-0.05, 0) is 26.0 Å². The van der Waals surface area contributed by atoms with Gasteiger partial charge in [0.25, 0.3) is 0 Å². The third-order valence-corrected chi connectivity index (χ3v) is 4.61. The minimum Gasteiger partial charge on any atom is -0.493 e. The number of aldehydes is 1. The summed E-state index contributed by atoms with van der Waals surface area (Å²) in [5, 5.41) is 3.16. The molecule has 0 heterocycles. The lowest BCUT2D eigenvalue weighted by atomic mass is 9.96. The summed E-state index contributed by atoms with van der Waals surface area (Å²) in [6.45, 7) is 3.92. The van der Waals surface area contributed by atoms with E-state index < -0.39 is 18.2 Å². The van der Waals surface area contributed by atoms with Crippen molar-refractivity contribution in [3.63, 3.8) is 0 Å². The van der Waals surface area contributed by atoms with Crippen LogP contribution in [-0.2, 0) is 19.1 Å². The number of carbonyl (C=O) groups is 2. The van der Waals surface area contributed by atoms with E-state index in [9.17, 15) is 9.59 Å². The van der Waals surface area contributed by atoms with E-state index >= 15 is 0 Å². The van der Waals surface area contributed by atoms with Crippen LogP contribution in [0.5, 0.6) is 11.5 Å². The largest absolute Gasteiger partial charge is 0.493 e. The molecule has 30 heavy (non-hydrogen) atoms. The molecule has 1 N–H and O–H groups in total. The average molecular weight is 415 g/mol. The summed E-state index contributed by atoms with van der Waals surface area (Å²) in [7, 11) is 4.91. The highest BCUT2D eigenvalue weighted by atomic mass is 16.5. The summed E-state index contributed by atoms with van der Waals surface area (Å²) < 4.78 is 22.2. The van der Waals surface area contributed by atoms with Gasteiger partial charge in [-0.3, -0.25) is 4.79 Å². The van der Waals surface area contributed by atoms with Gasteiger partial charge in [-0.2, -0.15) is 0 Å². The number of hydrogen-bond acceptors (Lipinski definition) is 7. The van der Waals surface area contributed by atoms with E-state index in [1.165, 1.54) is 0 Å². The summed E-state index contributed by atoms with van der Waals surface area (Å²) >= 11 is 0. The Labute approximate surface area is 177 Å². The number of carbonyl (C=O) groups excluding carboxylic acids is 2. The highest BCUT2D eigenvalue weighted by Crippen LogP contribution is 2.41. The van der Waals surface area contributed by atoms with Crippen LogP contribution in [-0.4, -0.2) is 46.2 Å². The number of ether oxygens (including phenoxy) is 4. The van der Waals surface area contributed by atoms with E-state index in [1.807, 2.05) is 44.3 Å². The molecule has 0 saturated carbocycles. The molecule has 0 amide bonds. The van der Waals surface area contributed by atoms with Gasteiger partial charge in [-0.1, -0.05) is 29.8 Å². The molecule has 162 valence electrons. The maximum Gasteiger partial charge on any atom is 0.308 e. The smallest absolute Gasteiger partial charge is 0.308 e. The minimum absolute atomic E-state index is 0.180. The fraction of sp³-hybridized carbons (Fsp3) is 0.391. The number of anilines is 1. The second-order valence-electron chi connectivity index (χ2n) is 6.62. The Bertz CT molecular complexity index is 867. The molecule has 0 bridgehead atoms. The van der Waals surface area contributed by atoms with Crippen molar-refractivity contribution in [3.8, 4) is 11.5 Å². The monoisotopic (exact) mass is 415 g/mol. The van der Waals surface area contributed by atoms with Gasteiger partial charge in [-0.25, -0.2) is 0 Å². The SMILES string of the molecule is CCOC(=O)C[C@H](C=O)O[C@@H](c1cc(C)ccc1NC)c1cccc(OC)c1OC. The molecule has 7 heteroatoms. The summed E-state index contributed by atoms with van der Waals surface area (Å²) in [5.41, 5.74) is 3.33. The molecule has 0 spiro atoms. The summed E-state index contributed by atoms with van der Waals surface area (Å²) in [5.74, 6) is 0.536. The van der Waals surface area contributed by atoms with Gasteiger partial charge in [0.2, 0.25) is 0 Å². The summed E-state index contributed by atoms with van der Waals surface area (Å²) in [4.78, 5) is 23.7. The van der Waals surface area contributed by atoms with Crippen LogP contribution in [0.25, 0.3) is 0 Å². The molecule has 0 aromatic heterocycles. The molecular formula is C23H29NO6. The van der Waals surface area contributed by atoms with Crippen LogP contribution >= 0.6 is 0 Å². The van der Waals surface area contributed by atoms with Crippen LogP contribution < -0.4 is 14.8 Å². The summed E-state index contributed by atoms with van der Waals surface area (Å²) in [6.07, 6.45) is -1.25. The first kappa shape index (κ1) is 23.2. The molecule has 0 fully saturated rings. The van der Waals surface area contributed by atoms with Gasteiger partial charge in [-0.15, -0.1) is 0 Å². The predicted molar refractivity (Wildman–Crippen MR) is 114 cm³/mol. The number of esters is 1. The maximum atomic E-state index is 11.9. The Balaban J connectivity index is 2.58. The Morgan fingerprint density at radius 3 is 2.50 bits per heavy atom. The molecule has 0 aliphatic rings. The number of rotatable bonds is 11. The zero-order valence-electron chi connectivity index (χ0n) is 18.1. The van der Waals surface area contributed by atoms with Crippen molar-refractivity contribution in [1.29, 1.82) is 0 Å². The van der Waals surface area contributed by atoms with Crippen LogP contribution in [0.1, 0.15) is 36.1 Å². The molecule has 0 unspecified atom stereocenters. The Morgan fingerprint density at radius 2 is 1.90 bits per heavy atom. The molecule has 0 aliphatic carbocycles. The first-order valence-electron chi connectivity index (χ1n) is 9.74. The van der Waals surface area contributed by atoms with E-state index in [4.69, 9.17) is 18.9 Å². The molecule has 7 nitrogen and oxygen atoms in total. The van der Waals surface area contributed by atoms with Crippen molar-refractivity contribution in [2.24, 2.45) is 0 Å². The van der Waals surface area contributed by atoms with Crippen LogP contribution in [0.4, 0.5) is 5.69 Å². The van der Waals surface area contributed by atoms with Crippen molar-refractivity contribution >= 4 is 17.9 Å². The molecule has 2 rings (SSSR count). The normalized spacial score (nSPS) is 12.6. The van der Waals surface area contributed by atoms with Gasteiger partial charge in [0.05, 0.1) is 27.2 Å². The first-order valence-corrected chi connectivity index (χ1v) is 9.74. The Hall–Kier alpha value is -3.06. The lowest BCUT2D eigenvalue weighted by Gasteiger charge is -2.26. The molecule has 0 radical (unpaired) electrons. The predicted octanol–water partition coefficient (Wildman–Crippen LogP) is 3.68. The number of nitrogens with one attached hydrogen (secondary N) is 1. The van der Waals surface area contributed by atoms with Crippen LogP contribution in [0.3, 0.4) is 0 Å². The maximum absolute atomic E-state index is 11.9. The van der Waals surface area contributed by atoms with Crippen molar-refractivity contribution in [3.05, 3.63) is 53.1 Å². The zero-order chi connectivity index (χ0) is 22.1. The van der Waals surface area contributed by atoms with E-state index in [1.54, 1.807) is 27.2 Å². The van der Waals surface area contributed by atoms with Gasteiger partial charge in [0.15, 0.2) is 11.5 Å². The van der Waals surface area contributed by atoms with Crippen LogP contribution in [0.2, 0.25) is 0 Å². The number of methoxy groups -OCH3 is 2. The first-order chi connectivity index (χ1) is 14.5. The average Bonchev–Trinajstić information content (AvgIpc) is 2.76. The Morgan fingerprint density at radius 1 is 1.13 bits per heavy atom. The molecule has 2 aromatic rings. The molecule has 0 saturated heterocycles. The fourth-order valence-corrected chi connectivity index (χ4v) is 3.25. The topological polar surface area (TPSA) is 83.1 Å². The molecular weight excluding hydrogens is 386 g/mol. The quantitative estimate of drug-likeness (QED) is 0.443. The van der Waals surface area contributed by atoms with Crippen LogP contribution in [0, 0.1) is 6.92 Å². The van der Waals surface area contributed by atoms with Crippen molar-refractivity contribution < 1.29 is 28.5 Å². The molecule has 2 aromatic carbocycles. The Kier molecular flexibility index (Phi) is 8.68. The van der Waals surface area contributed by atoms with Crippen LogP contribution in [0.15, 0.2) is 36.4 Å². The number of aryl methyl sites for hydroxylation is 1. The van der Waals surface area contributed by atoms with Crippen molar-refractivity contribution in [2.45, 2.75) is 32.5 Å². The highest BCUT2D eigenvalue weighted by Gasteiger charge is 2.28. The van der Waals surface area contributed by atoms with Gasteiger partial charge in [0, 0.05) is 23.9 Å². The number of benzene rings is 2. The van der Waals surface area contributed by atoms with E-state index in [0.29, 0.717) is 23.3 Å². The fourth-order valence-electron chi connectivity index (χ4n) is 3.25. The second-order valence-corrected chi connectivity index (χ2v) is 6.62. The third kappa shape index (κ3) is 5.51.